The summed E-state index contributed by atoms with van der Waals surface area (Å²) in [5.41, 5.74) is 1.41. The van der Waals surface area contributed by atoms with Crippen LogP contribution < -0.4 is 0 Å². The van der Waals surface area contributed by atoms with Crippen molar-refractivity contribution in [3.05, 3.63) is 53.4 Å². The Morgan fingerprint density at radius 2 is 1.82 bits per heavy atom. The molecule has 6 heteroatoms. The summed E-state index contributed by atoms with van der Waals surface area (Å²) in [6.07, 6.45) is -4.37. The van der Waals surface area contributed by atoms with E-state index < -0.39 is 11.7 Å². The Bertz CT molecular complexity index is 949. The van der Waals surface area contributed by atoms with Crippen LogP contribution in [0.15, 0.2) is 47.8 Å². The highest BCUT2D eigenvalue weighted by Gasteiger charge is 2.34. The van der Waals surface area contributed by atoms with Gasteiger partial charge in [0.1, 0.15) is 5.82 Å². The molecule has 0 spiro atoms. The van der Waals surface area contributed by atoms with Crippen LogP contribution in [-0.2, 0) is 6.18 Å². The van der Waals surface area contributed by atoms with E-state index in [2.05, 4.69) is 9.97 Å². The number of para-hydroxylation sites is 2. The van der Waals surface area contributed by atoms with Crippen LogP contribution in [0.3, 0.4) is 0 Å². The molecular formula is C16H9F3N2S. The lowest BCUT2D eigenvalue weighted by Gasteiger charge is -2.07. The molecule has 0 unspecified atom stereocenters. The Balaban J connectivity index is 2.04. The summed E-state index contributed by atoms with van der Waals surface area (Å²) in [5.74, 6) is 0.454. The summed E-state index contributed by atoms with van der Waals surface area (Å²) in [4.78, 5) is 7.52. The van der Waals surface area contributed by atoms with Gasteiger partial charge in [-0.05, 0) is 18.2 Å². The molecule has 0 aliphatic heterocycles. The fraction of sp³-hybridized carbons (Fsp3) is 0.0625. The van der Waals surface area contributed by atoms with Crippen molar-refractivity contribution in [1.82, 2.24) is 9.97 Å². The number of hydrogen-bond donors (Lipinski definition) is 1. The van der Waals surface area contributed by atoms with Gasteiger partial charge >= 0.3 is 6.18 Å². The standard InChI is InChI=1S/C16H9F3N2S/c17-16(18,19)10-8-22-13-7-3-4-9(14(10)13)15-20-11-5-1-2-6-12(11)21-15/h1-8H,(H,20,21). The van der Waals surface area contributed by atoms with Gasteiger partial charge in [-0.3, -0.25) is 0 Å². The van der Waals surface area contributed by atoms with Crippen LogP contribution in [0.2, 0.25) is 0 Å². The summed E-state index contributed by atoms with van der Waals surface area (Å²) in [5, 5.41) is 1.37. The first kappa shape index (κ1) is 13.3. The van der Waals surface area contributed by atoms with Gasteiger partial charge in [-0.2, -0.15) is 13.2 Å². The van der Waals surface area contributed by atoms with Crippen LogP contribution in [0, 0.1) is 0 Å². The molecule has 0 radical (unpaired) electrons. The van der Waals surface area contributed by atoms with Crippen molar-refractivity contribution < 1.29 is 13.2 Å². The summed E-state index contributed by atoms with van der Waals surface area (Å²) in [6.45, 7) is 0. The van der Waals surface area contributed by atoms with Crippen LogP contribution in [0.4, 0.5) is 13.2 Å². The van der Waals surface area contributed by atoms with Crippen molar-refractivity contribution in [2.24, 2.45) is 0 Å². The number of thiophene rings is 1. The average Bonchev–Trinajstić information content (AvgIpc) is 3.10. The molecule has 4 aromatic rings. The quantitative estimate of drug-likeness (QED) is 0.496. The fourth-order valence-electron chi connectivity index (χ4n) is 2.57. The van der Waals surface area contributed by atoms with Gasteiger partial charge in [-0.25, -0.2) is 4.98 Å². The number of fused-ring (bicyclic) bond motifs is 2. The first-order chi connectivity index (χ1) is 10.5. The van der Waals surface area contributed by atoms with Gasteiger partial charge in [-0.1, -0.05) is 24.3 Å². The maximum atomic E-state index is 13.2. The first-order valence-electron chi connectivity index (χ1n) is 6.56. The monoisotopic (exact) mass is 318 g/mol. The Hall–Kier alpha value is -2.34. The zero-order valence-corrected chi connectivity index (χ0v) is 11.9. The lowest BCUT2D eigenvalue weighted by atomic mass is 10.1. The number of nitrogens with one attached hydrogen (secondary N) is 1. The first-order valence-corrected chi connectivity index (χ1v) is 7.44. The third-order valence-corrected chi connectivity index (χ3v) is 4.50. The second kappa shape index (κ2) is 4.58. The normalized spacial score (nSPS) is 12.3. The van der Waals surface area contributed by atoms with Gasteiger partial charge in [0.15, 0.2) is 0 Å². The summed E-state index contributed by atoms with van der Waals surface area (Å²) >= 11 is 1.09. The zero-order valence-electron chi connectivity index (χ0n) is 11.1. The van der Waals surface area contributed by atoms with Gasteiger partial charge in [-0.15, -0.1) is 11.3 Å². The topological polar surface area (TPSA) is 28.7 Å². The van der Waals surface area contributed by atoms with E-state index in [1.807, 2.05) is 24.3 Å². The third kappa shape index (κ3) is 1.99. The number of rotatable bonds is 1. The van der Waals surface area contributed by atoms with Crippen LogP contribution in [0.25, 0.3) is 32.5 Å². The van der Waals surface area contributed by atoms with E-state index in [9.17, 15) is 13.2 Å². The predicted molar refractivity (Wildman–Crippen MR) is 81.9 cm³/mol. The van der Waals surface area contributed by atoms with E-state index >= 15 is 0 Å². The van der Waals surface area contributed by atoms with Crippen molar-refractivity contribution in [1.29, 1.82) is 0 Å². The summed E-state index contributed by atoms with van der Waals surface area (Å²) in [7, 11) is 0. The molecule has 2 aromatic heterocycles. The molecule has 0 aliphatic rings. The van der Waals surface area contributed by atoms with Crippen molar-refractivity contribution in [3.63, 3.8) is 0 Å². The predicted octanol–water partition coefficient (Wildman–Crippen LogP) is 5.46. The number of imidazole rings is 1. The molecule has 2 aromatic carbocycles. The number of halogens is 3. The smallest absolute Gasteiger partial charge is 0.338 e. The van der Waals surface area contributed by atoms with Gasteiger partial charge in [0.2, 0.25) is 0 Å². The average molecular weight is 318 g/mol. The van der Waals surface area contributed by atoms with E-state index in [0.717, 1.165) is 27.8 Å². The second-order valence-electron chi connectivity index (χ2n) is 4.93. The molecule has 0 bridgehead atoms. The molecular weight excluding hydrogens is 309 g/mol. The Morgan fingerprint density at radius 1 is 1.00 bits per heavy atom. The molecule has 1 N–H and O–H groups in total. The molecule has 0 aliphatic carbocycles. The SMILES string of the molecule is FC(F)(F)c1csc2cccc(-c3nc4ccccc4[nH]3)c12. The van der Waals surface area contributed by atoms with Gasteiger partial charge in [0.05, 0.1) is 16.6 Å². The molecule has 22 heavy (non-hydrogen) atoms. The molecule has 0 saturated carbocycles. The molecule has 0 amide bonds. The van der Waals surface area contributed by atoms with Crippen molar-refractivity contribution in [2.75, 3.05) is 0 Å². The van der Waals surface area contributed by atoms with Crippen LogP contribution >= 0.6 is 11.3 Å². The van der Waals surface area contributed by atoms with E-state index in [1.165, 1.54) is 0 Å². The second-order valence-corrected chi connectivity index (χ2v) is 5.84. The summed E-state index contributed by atoms with van der Waals surface area (Å²) in [6, 6.07) is 12.5. The third-order valence-electron chi connectivity index (χ3n) is 3.55. The van der Waals surface area contributed by atoms with Crippen LogP contribution in [0.1, 0.15) is 5.56 Å². The fourth-order valence-corrected chi connectivity index (χ4v) is 3.57. The highest BCUT2D eigenvalue weighted by atomic mass is 32.1. The van der Waals surface area contributed by atoms with E-state index in [-0.39, 0.29) is 5.39 Å². The minimum absolute atomic E-state index is 0.207. The Morgan fingerprint density at radius 3 is 2.59 bits per heavy atom. The van der Waals surface area contributed by atoms with E-state index in [4.69, 9.17) is 0 Å². The van der Waals surface area contributed by atoms with Gasteiger partial charge in [0, 0.05) is 21.0 Å². The number of aromatic amines is 1. The number of aromatic nitrogens is 2. The molecule has 2 nitrogen and oxygen atoms in total. The molecule has 4 rings (SSSR count). The maximum Gasteiger partial charge on any atom is 0.417 e. The maximum absolute atomic E-state index is 13.2. The summed E-state index contributed by atoms with van der Waals surface area (Å²) < 4.78 is 40.3. The van der Waals surface area contributed by atoms with E-state index in [0.29, 0.717) is 16.1 Å². The van der Waals surface area contributed by atoms with Crippen LogP contribution in [-0.4, -0.2) is 9.97 Å². The highest BCUT2D eigenvalue weighted by molar-refractivity contribution is 7.17. The minimum Gasteiger partial charge on any atom is -0.338 e. The van der Waals surface area contributed by atoms with Crippen molar-refractivity contribution >= 4 is 32.5 Å². The van der Waals surface area contributed by atoms with Crippen LogP contribution in [0.5, 0.6) is 0 Å². The number of H-pyrrole nitrogens is 1. The Labute approximate surface area is 127 Å². The molecule has 0 saturated heterocycles. The number of nitrogens with zero attached hydrogens (tertiary/aromatic N) is 1. The molecule has 0 fully saturated rings. The van der Waals surface area contributed by atoms with Crippen molar-refractivity contribution in [3.8, 4) is 11.4 Å². The number of hydrogen-bond acceptors (Lipinski definition) is 2. The lowest BCUT2D eigenvalue weighted by Crippen LogP contribution is -2.03. The number of alkyl halides is 3. The highest BCUT2D eigenvalue weighted by Crippen LogP contribution is 2.42. The largest absolute Gasteiger partial charge is 0.417 e. The van der Waals surface area contributed by atoms with E-state index in [1.54, 1.807) is 18.2 Å². The lowest BCUT2D eigenvalue weighted by molar-refractivity contribution is -0.136. The van der Waals surface area contributed by atoms with Crippen molar-refractivity contribution in [2.45, 2.75) is 6.18 Å². The Kier molecular flexibility index (Phi) is 2.77. The molecule has 2 heterocycles. The molecule has 0 atom stereocenters. The number of benzene rings is 2. The van der Waals surface area contributed by atoms with Gasteiger partial charge in [0.25, 0.3) is 0 Å². The van der Waals surface area contributed by atoms with Gasteiger partial charge < -0.3 is 4.98 Å². The zero-order chi connectivity index (χ0) is 15.3. The molecule has 110 valence electrons. The minimum atomic E-state index is -4.37.